The molecule has 3 aliphatic rings. The topological polar surface area (TPSA) is 88.5 Å². The predicted octanol–water partition coefficient (Wildman–Crippen LogP) is 2.93. The van der Waals surface area contributed by atoms with Gasteiger partial charge < -0.3 is 5.32 Å². The van der Waals surface area contributed by atoms with E-state index in [1.54, 1.807) is 13.0 Å². The van der Waals surface area contributed by atoms with Gasteiger partial charge in [-0.05, 0) is 54.9 Å². The fourth-order valence-electron chi connectivity index (χ4n) is 5.36. The molecule has 1 aromatic carbocycles. The van der Waals surface area contributed by atoms with Crippen molar-refractivity contribution in [2.24, 2.45) is 10.4 Å². The van der Waals surface area contributed by atoms with Crippen LogP contribution < -0.4 is 10.8 Å². The number of aromatic nitrogens is 2. The lowest BCUT2D eigenvalue weighted by Gasteiger charge is -2.36. The van der Waals surface area contributed by atoms with Crippen LogP contribution in [0.1, 0.15) is 50.8 Å². The molecule has 3 atom stereocenters. The molecule has 9 heteroatoms. The highest BCUT2D eigenvalue weighted by atomic mass is 19.1. The number of carbonyl (C=O) groups excluding carboxylic acids is 1. The molecule has 0 radical (unpaired) electrons. The van der Waals surface area contributed by atoms with Crippen LogP contribution in [0.2, 0.25) is 0 Å². The van der Waals surface area contributed by atoms with Crippen LogP contribution in [0.5, 0.6) is 0 Å². The summed E-state index contributed by atoms with van der Waals surface area (Å²) in [5.41, 5.74) is 2.56. The Bertz CT molecular complexity index is 1080. The molecule has 156 valence electrons. The Hall–Kier alpha value is -2.94. The number of hydrogen-bond donors (Lipinski definition) is 2. The van der Waals surface area contributed by atoms with Gasteiger partial charge in [-0.1, -0.05) is 19.9 Å². The van der Waals surface area contributed by atoms with Gasteiger partial charge in [0.15, 0.2) is 0 Å². The Morgan fingerprint density at radius 2 is 2.00 bits per heavy atom. The highest BCUT2D eigenvalue weighted by Gasteiger charge is 2.67. The molecule has 1 unspecified atom stereocenters. The summed E-state index contributed by atoms with van der Waals surface area (Å²) in [6.45, 7) is 5.79. The van der Waals surface area contributed by atoms with Crippen LogP contribution >= 0.6 is 0 Å². The summed E-state index contributed by atoms with van der Waals surface area (Å²) in [4.78, 5) is 22.9. The van der Waals surface area contributed by atoms with E-state index in [2.05, 4.69) is 26.0 Å². The summed E-state index contributed by atoms with van der Waals surface area (Å²) in [7, 11) is 0. The zero-order valence-electron chi connectivity index (χ0n) is 16.8. The summed E-state index contributed by atoms with van der Waals surface area (Å²) in [5.74, 6) is -1.03. The Balaban J connectivity index is 1.58. The third kappa shape index (κ3) is 2.38. The second kappa shape index (κ2) is 6.28. The fourth-order valence-corrected chi connectivity index (χ4v) is 5.36. The van der Waals surface area contributed by atoms with E-state index < -0.39 is 28.8 Å². The van der Waals surface area contributed by atoms with Crippen LogP contribution in [0.3, 0.4) is 0 Å². The number of nitrogens with one attached hydrogen (secondary N) is 2. The van der Waals surface area contributed by atoms with E-state index >= 15 is 0 Å². The fraction of sp³-hybridized carbons (Fsp3) is 0.429. The van der Waals surface area contributed by atoms with Crippen molar-refractivity contribution in [3.63, 3.8) is 0 Å². The van der Waals surface area contributed by atoms with Gasteiger partial charge in [-0.3, -0.25) is 4.79 Å². The van der Waals surface area contributed by atoms with Gasteiger partial charge in [0, 0.05) is 0 Å². The van der Waals surface area contributed by atoms with Crippen molar-refractivity contribution < 1.29 is 18.4 Å². The molecule has 5 rings (SSSR count). The van der Waals surface area contributed by atoms with Crippen molar-refractivity contribution in [2.45, 2.75) is 51.3 Å². The van der Waals surface area contributed by atoms with Crippen LogP contribution in [-0.4, -0.2) is 28.3 Å². The van der Waals surface area contributed by atoms with Crippen molar-refractivity contribution in [3.05, 3.63) is 47.2 Å². The molecule has 1 amide bonds. The Labute approximate surface area is 171 Å². The van der Waals surface area contributed by atoms with E-state index in [0.717, 1.165) is 12.0 Å². The molecule has 2 heterocycles. The molecule has 2 bridgehead atoms. The summed E-state index contributed by atoms with van der Waals surface area (Å²) in [6.07, 6.45) is 0.559. The summed E-state index contributed by atoms with van der Waals surface area (Å²) in [6, 6.07) is 5.37. The van der Waals surface area contributed by atoms with Crippen molar-refractivity contribution in [3.8, 4) is 11.3 Å². The molecular weight excluding hydrogens is 392 g/mol. The van der Waals surface area contributed by atoms with Crippen LogP contribution in [0, 0.1) is 17.0 Å². The molecular formula is C21H21F2N5O2. The van der Waals surface area contributed by atoms with Gasteiger partial charge in [0.05, 0.1) is 22.4 Å². The van der Waals surface area contributed by atoms with Crippen molar-refractivity contribution in [2.75, 3.05) is 0 Å². The van der Waals surface area contributed by atoms with Gasteiger partial charge in [-0.25, -0.2) is 24.1 Å². The van der Waals surface area contributed by atoms with Gasteiger partial charge in [-0.2, -0.15) is 5.10 Å². The van der Waals surface area contributed by atoms with E-state index in [4.69, 9.17) is 4.84 Å². The van der Waals surface area contributed by atoms with Crippen LogP contribution in [0.4, 0.5) is 8.78 Å². The molecule has 1 aliphatic heterocycles. The summed E-state index contributed by atoms with van der Waals surface area (Å²) < 4.78 is 28.6. The number of aliphatic imine (C=N–C) groups is 1. The second-order valence-corrected chi connectivity index (χ2v) is 8.61. The van der Waals surface area contributed by atoms with Crippen LogP contribution in [0.15, 0.2) is 29.3 Å². The monoisotopic (exact) mass is 413 g/mol. The van der Waals surface area contributed by atoms with Crippen molar-refractivity contribution in [1.82, 2.24) is 21.0 Å². The molecule has 2 N–H and O–H groups in total. The number of hydroxylamine groups is 1. The third-order valence-electron chi connectivity index (χ3n) is 6.87. The molecule has 1 aromatic heterocycles. The van der Waals surface area contributed by atoms with Crippen molar-refractivity contribution in [1.29, 1.82) is 0 Å². The number of amides is 1. The minimum atomic E-state index is -0.915. The van der Waals surface area contributed by atoms with E-state index in [-0.39, 0.29) is 23.1 Å². The van der Waals surface area contributed by atoms with Gasteiger partial charge in [-0.15, -0.1) is 5.10 Å². The van der Waals surface area contributed by atoms with E-state index in [1.807, 2.05) is 13.8 Å². The Morgan fingerprint density at radius 1 is 1.27 bits per heavy atom. The average Bonchev–Trinajstić information content (AvgIpc) is 3.28. The first-order valence-corrected chi connectivity index (χ1v) is 9.85. The first kappa shape index (κ1) is 19.0. The number of nitrogens with zero attached hydrogens (tertiary/aromatic N) is 3. The normalized spacial score (nSPS) is 28.1. The van der Waals surface area contributed by atoms with Gasteiger partial charge >= 0.3 is 0 Å². The molecule has 1 saturated carbocycles. The molecule has 7 nitrogen and oxygen atoms in total. The number of hydrogen-bond acceptors (Lipinski definition) is 6. The average molecular weight is 413 g/mol. The zero-order chi connectivity index (χ0) is 21.3. The third-order valence-corrected chi connectivity index (χ3v) is 6.87. The first-order valence-electron chi connectivity index (χ1n) is 9.85. The highest BCUT2D eigenvalue weighted by Crippen LogP contribution is 2.67. The Kier molecular flexibility index (Phi) is 3.99. The number of benzene rings is 1. The van der Waals surface area contributed by atoms with Gasteiger partial charge in [0.2, 0.25) is 5.91 Å². The summed E-state index contributed by atoms with van der Waals surface area (Å²) in [5, 5.41) is 11.3. The maximum Gasteiger partial charge on any atom is 0.252 e. The quantitative estimate of drug-likeness (QED) is 0.808. The minimum Gasteiger partial charge on any atom is -0.309 e. The molecule has 2 aliphatic carbocycles. The van der Waals surface area contributed by atoms with E-state index in [1.165, 1.54) is 18.2 Å². The lowest BCUT2D eigenvalue weighted by Crippen LogP contribution is -2.52. The lowest BCUT2D eigenvalue weighted by atomic mass is 9.67. The zero-order valence-corrected chi connectivity index (χ0v) is 16.8. The molecule has 0 spiro atoms. The van der Waals surface area contributed by atoms with Crippen LogP contribution in [-0.2, 0) is 15.0 Å². The number of amidine groups is 1. The smallest absolute Gasteiger partial charge is 0.252 e. The maximum absolute atomic E-state index is 14.3. The first-order chi connectivity index (χ1) is 14.3. The molecule has 1 fully saturated rings. The maximum atomic E-state index is 14.3. The highest BCUT2D eigenvalue weighted by molar-refractivity contribution is 5.92. The van der Waals surface area contributed by atoms with E-state index in [0.29, 0.717) is 18.0 Å². The standard InChI is InChI=1S/C21H21F2N5O2/c1-10-24-19(30-28-10)25-18(29)21-8-7-12(20(21,2)3)11-9-15(26-27-17(11)21)16-13(22)5-4-6-14(16)23/h4-6,9,12,19H,7-8H2,1-3H3,(H,24,28)(H,25,29)/t12-,19?,21+/m1/s1. The predicted molar refractivity (Wildman–Crippen MR) is 104 cm³/mol. The number of fused-ring (bicyclic) bond motifs is 5. The van der Waals surface area contributed by atoms with Gasteiger partial charge in [0.25, 0.3) is 6.35 Å². The number of halogens is 2. The van der Waals surface area contributed by atoms with Crippen molar-refractivity contribution >= 4 is 11.7 Å². The lowest BCUT2D eigenvalue weighted by molar-refractivity contribution is -0.134. The van der Waals surface area contributed by atoms with E-state index in [9.17, 15) is 13.6 Å². The second-order valence-electron chi connectivity index (χ2n) is 8.61. The van der Waals surface area contributed by atoms with Crippen LogP contribution in [0.25, 0.3) is 11.3 Å². The molecule has 0 saturated heterocycles. The van der Waals surface area contributed by atoms with Gasteiger partial charge in [0.1, 0.15) is 17.5 Å². The molecule has 30 heavy (non-hydrogen) atoms. The molecule has 2 aromatic rings. The minimum absolute atomic E-state index is 0.0233. The largest absolute Gasteiger partial charge is 0.309 e. The number of carbonyl (C=O) groups is 1. The summed E-state index contributed by atoms with van der Waals surface area (Å²) >= 11 is 0. The number of rotatable bonds is 3. The SMILES string of the molecule is CC1=NC(NC(=O)[C@]23CC[C@H](c4cc(-c5c(F)cccc5F)nnc42)C3(C)C)ON1. The Morgan fingerprint density at radius 3 is 2.67 bits per heavy atom.